The number of benzene rings is 1. The summed E-state index contributed by atoms with van der Waals surface area (Å²) < 4.78 is 0. The first-order chi connectivity index (χ1) is 12.5. The molecule has 0 saturated carbocycles. The fourth-order valence-corrected chi connectivity index (χ4v) is 3.31. The van der Waals surface area contributed by atoms with Crippen LogP contribution in [-0.2, 0) is 20.8 Å². The zero-order valence-electron chi connectivity index (χ0n) is 14.9. The van der Waals surface area contributed by atoms with Crippen LogP contribution in [0, 0.1) is 0 Å². The number of nitrogens with one attached hydrogen (secondary N) is 1. The molecule has 2 rings (SSSR count). The summed E-state index contributed by atoms with van der Waals surface area (Å²) in [4.78, 5) is 34.9. The monoisotopic (exact) mass is 372 g/mol. The number of thiophene rings is 1. The van der Waals surface area contributed by atoms with Crippen molar-refractivity contribution in [1.82, 2.24) is 5.32 Å². The van der Waals surface area contributed by atoms with Gasteiger partial charge in [-0.3, -0.25) is 14.4 Å². The van der Waals surface area contributed by atoms with Gasteiger partial charge in [0.1, 0.15) is 0 Å². The molecule has 26 heavy (non-hydrogen) atoms. The second-order valence-electron chi connectivity index (χ2n) is 6.17. The predicted octanol–water partition coefficient (Wildman–Crippen LogP) is 3.08. The van der Waals surface area contributed by atoms with Crippen LogP contribution < -0.4 is 11.1 Å². The van der Waals surface area contributed by atoms with Gasteiger partial charge in [0.05, 0.1) is 6.04 Å². The van der Waals surface area contributed by atoms with Crippen LogP contribution >= 0.6 is 11.3 Å². The van der Waals surface area contributed by atoms with E-state index in [4.69, 9.17) is 5.73 Å². The van der Waals surface area contributed by atoms with Crippen molar-refractivity contribution in [2.45, 2.75) is 45.1 Å². The Bertz CT molecular complexity index is 739. The fraction of sp³-hybridized carbons (Fsp3) is 0.350. The summed E-state index contributed by atoms with van der Waals surface area (Å²) >= 11 is 1.66. The first kappa shape index (κ1) is 19.8. The maximum absolute atomic E-state index is 12.1. The Kier molecular flexibility index (Phi) is 7.53. The van der Waals surface area contributed by atoms with E-state index in [-0.39, 0.29) is 24.5 Å². The van der Waals surface area contributed by atoms with Gasteiger partial charge in [-0.2, -0.15) is 11.3 Å². The molecule has 6 heteroatoms. The molecule has 0 fully saturated rings. The average molecular weight is 372 g/mol. The van der Waals surface area contributed by atoms with Gasteiger partial charge in [-0.1, -0.05) is 31.2 Å². The molecule has 1 aromatic heterocycles. The van der Waals surface area contributed by atoms with Gasteiger partial charge in [0, 0.05) is 19.3 Å². The Balaban J connectivity index is 1.81. The Morgan fingerprint density at radius 1 is 1.04 bits per heavy atom. The molecule has 0 radical (unpaired) electrons. The number of hydrogen-bond acceptors (Lipinski definition) is 4. The SMILES string of the molecule is CC[C@H](NC(=O)CCc1ccc(-c2ccsc2)cc1)C(=O)CCC(N)=O. The predicted molar refractivity (Wildman–Crippen MR) is 104 cm³/mol. The minimum atomic E-state index is -0.553. The highest BCUT2D eigenvalue weighted by atomic mass is 32.1. The molecule has 0 aliphatic heterocycles. The molecular weight excluding hydrogens is 348 g/mol. The molecule has 0 aliphatic carbocycles. The lowest BCUT2D eigenvalue weighted by Gasteiger charge is -2.15. The molecule has 3 N–H and O–H groups in total. The Morgan fingerprint density at radius 3 is 2.35 bits per heavy atom. The quantitative estimate of drug-likeness (QED) is 0.672. The highest BCUT2D eigenvalue weighted by molar-refractivity contribution is 7.08. The number of carbonyl (C=O) groups is 3. The highest BCUT2D eigenvalue weighted by Crippen LogP contribution is 2.22. The summed E-state index contributed by atoms with van der Waals surface area (Å²) in [6.07, 6.45) is 1.51. The third-order valence-electron chi connectivity index (χ3n) is 4.20. The van der Waals surface area contributed by atoms with Crippen LogP contribution in [0.15, 0.2) is 41.1 Å². The van der Waals surface area contributed by atoms with E-state index in [2.05, 4.69) is 28.9 Å². The Hall–Kier alpha value is -2.47. The second kappa shape index (κ2) is 9.87. The number of nitrogens with two attached hydrogens (primary N) is 1. The molecular formula is C20H24N2O3S. The summed E-state index contributed by atoms with van der Waals surface area (Å²) in [6, 6.07) is 9.68. The zero-order valence-corrected chi connectivity index (χ0v) is 15.7. The number of ketones is 1. The van der Waals surface area contributed by atoms with E-state index >= 15 is 0 Å². The standard InChI is InChI=1S/C20H24N2O3S/c1-2-17(18(23)8-9-19(21)24)22-20(25)10-5-14-3-6-15(7-4-14)16-11-12-26-13-16/h3-4,6-7,11-13,17H,2,5,8-10H2,1H3,(H2,21,24)(H,22,25)/t17-/m0/s1. The van der Waals surface area contributed by atoms with E-state index in [0.717, 1.165) is 11.1 Å². The van der Waals surface area contributed by atoms with E-state index in [9.17, 15) is 14.4 Å². The van der Waals surface area contributed by atoms with Gasteiger partial charge in [-0.15, -0.1) is 0 Å². The molecule has 1 atom stereocenters. The first-order valence-electron chi connectivity index (χ1n) is 8.71. The molecule has 1 heterocycles. The summed E-state index contributed by atoms with van der Waals surface area (Å²) in [5.74, 6) is -0.823. The van der Waals surface area contributed by atoms with Crippen LogP contribution in [0.5, 0.6) is 0 Å². The van der Waals surface area contributed by atoms with Crippen LogP contribution in [0.25, 0.3) is 11.1 Å². The molecule has 138 valence electrons. The molecule has 1 aromatic carbocycles. The van der Waals surface area contributed by atoms with Crippen LogP contribution in [0.1, 0.15) is 38.2 Å². The van der Waals surface area contributed by atoms with Crippen molar-refractivity contribution in [2.24, 2.45) is 5.73 Å². The fourth-order valence-electron chi connectivity index (χ4n) is 2.65. The summed E-state index contributed by atoms with van der Waals surface area (Å²) in [5.41, 5.74) is 8.49. The van der Waals surface area contributed by atoms with Crippen molar-refractivity contribution in [3.63, 3.8) is 0 Å². The molecule has 0 bridgehead atoms. The van der Waals surface area contributed by atoms with Gasteiger partial charge in [-0.25, -0.2) is 0 Å². The van der Waals surface area contributed by atoms with Crippen LogP contribution in [0.4, 0.5) is 0 Å². The van der Waals surface area contributed by atoms with Gasteiger partial charge in [0.25, 0.3) is 0 Å². The maximum Gasteiger partial charge on any atom is 0.220 e. The summed E-state index contributed by atoms with van der Waals surface area (Å²) in [7, 11) is 0. The van der Waals surface area contributed by atoms with Crippen molar-refractivity contribution >= 4 is 28.9 Å². The lowest BCUT2D eigenvalue weighted by molar-refractivity contribution is -0.128. The summed E-state index contributed by atoms with van der Waals surface area (Å²) in [6.45, 7) is 1.83. The number of hydrogen-bond donors (Lipinski definition) is 2. The van der Waals surface area contributed by atoms with Gasteiger partial charge >= 0.3 is 0 Å². The third-order valence-corrected chi connectivity index (χ3v) is 4.88. The number of amides is 2. The van der Waals surface area contributed by atoms with Gasteiger partial charge in [0.15, 0.2) is 5.78 Å². The molecule has 2 amide bonds. The van der Waals surface area contributed by atoms with Crippen LogP contribution in [0.2, 0.25) is 0 Å². The van der Waals surface area contributed by atoms with Crippen LogP contribution in [-0.4, -0.2) is 23.6 Å². The van der Waals surface area contributed by atoms with Crippen molar-refractivity contribution in [1.29, 1.82) is 0 Å². The lowest BCUT2D eigenvalue weighted by atomic mass is 10.0. The van der Waals surface area contributed by atoms with E-state index in [0.29, 0.717) is 19.3 Å². The number of carbonyl (C=O) groups excluding carboxylic acids is 3. The lowest BCUT2D eigenvalue weighted by Crippen LogP contribution is -2.40. The molecule has 0 spiro atoms. The van der Waals surface area contributed by atoms with E-state index < -0.39 is 11.9 Å². The van der Waals surface area contributed by atoms with Gasteiger partial charge in [-0.05, 0) is 46.4 Å². The van der Waals surface area contributed by atoms with Gasteiger partial charge < -0.3 is 11.1 Å². The van der Waals surface area contributed by atoms with Gasteiger partial charge in [0.2, 0.25) is 11.8 Å². The van der Waals surface area contributed by atoms with Crippen molar-refractivity contribution < 1.29 is 14.4 Å². The molecule has 0 saturated heterocycles. The topological polar surface area (TPSA) is 89.3 Å². The molecule has 0 aliphatic rings. The average Bonchev–Trinajstić information content (AvgIpc) is 3.17. The number of Topliss-reactive ketones (excluding diaryl/α,β-unsaturated/α-hetero) is 1. The zero-order chi connectivity index (χ0) is 18.9. The van der Waals surface area contributed by atoms with E-state index in [1.807, 2.05) is 24.4 Å². The van der Waals surface area contributed by atoms with Crippen molar-refractivity contribution in [2.75, 3.05) is 0 Å². The molecule has 2 aromatic rings. The molecule has 0 unspecified atom stereocenters. The minimum Gasteiger partial charge on any atom is -0.370 e. The smallest absolute Gasteiger partial charge is 0.220 e. The second-order valence-corrected chi connectivity index (χ2v) is 6.95. The highest BCUT2D eigenvalue weighted by Gasteiger charge is 2.18. The molecule has 5 nitrogen and oxygen atoms in total. The number of rotatable bonds is 10. The summed E-state index contributed by atoms with van der Waals surface area (Å²) in [5, 5.41) is 6.90. The number of primary amides is 1. The van der Waals surface area contributed by atoms with Crippen molar-refractivity contribution in [3.8, 4) is 11.1 Å². The Labute approximate surface area is 157 Å². The number of aryl methyl sites for hydroxylation is 1. The minimum absolute atomic E-state index is 0.0156. The third kappa shape index (κ3) is 6.11. The Morgan fingerprint density at radius 2 is 1.77 bits per heavy atom. The first-order valence-corrected chi connectivity index (χ1v) is 9.65. The van der Waals surface area contributed by atoms with Crippen LogP contribution in [0.3, 0.4) is 0 Å². The van der Waals surface area contributed by atoms with E-state index in [1.54, 1.807) is 11.3 Å². The van der Waals surface area contributed by atoms with Crippen molar-refractivity contribution in [3.05, 3.63) is 46.7 Å². The largest absolute Gasteiger partial charge is 0.370 e. The maximum atomic E-state index is 12.1. The van der Waals surface area contributed by atoms with E-state index in [1.165, 1.54) is 5.56 Å². The normalized spacial score (nSPS) is 11.7.